The molecule has 2 atom stereocenters. The van der Waals surface area contributed by atoms with Crippen LogP contribution in [0.2, 0.25) is 0 Å². The SMILES string of the molecule is Cc1ccc(NC(=O)[C@@H]2CCC[C@@H]2CN)cc1NC(=O)CN1CCCCC1.Cl.Cl. The Morgan fingerprint density at radius 1 is 1.07 bits per heavy atom. The number of benzene rings is 1. The molecule has 1 aliphatic carbocycles. The normalized spacial score (nSPS) is 21.6. The zero-order valence-electron chi connectivity index (χ0n) is 17.1. The quantitative estimate of drug-likeness (QED) is 0.625. The lowest BCUT2D eigenvalue weighted by Gasteiger charge is -2.25. The van der Waals surface area contributed by atoms with Crippen molar-refractivity contribution in [3.05, 3.63) is 23.8 Å². The van der Waals surface area contributed by atoms with Crippen LogP contribution in [0.3, 0.4) is 0 Å². The summed E-state index contributed by atoms with van der Waals surface area (Å²) in [5.74, 6) is 0.312. The topological polar surface area (TPSA) is 87.5 Å². The van der Waals surface area contributed by atoms with Crippen LogP contribution in [-0.2, 0) is 9.59 Å². The number of carbonyl (C=O) groups excluding carboxylic acids is 2. The number of rotatable bonds is 6. The summed E-state index contributed by atoms with van der Waals surface area (Å²) in [5.41, 5.74) is 8.27. The molecule has 2 amide bonds. The van der Waals surface area contributed by atoms with Gasteiger partial charge in [-0.3, -0.25) is 14.5 Å². The second kappa shape index (κ2) is 12.4. The molecule has 1 saturated carbocycles. The highest BCUT2D eigenvalue weighted by Crippen LogP contribution is 2.32. The highest BCUT2D eigenvalue weighted by Gasteiger charge is 2.31. The van der Waals surface area contributed by atoms with Crippen molar-refractivity contribution in [1.82, 2.24) is 4.90 Å². The van der Waals surface area contributed by atoms with E-state index in [1.54, 1.807) is 0 Å². The molecular formula is C21H34Cl2N4O2. The lowest BCUT2D eigenvalue weighted by atomic mass is 9.95. The van der Waals surface area contributed by atoms with E-state index in [1.165, 1.54) is 19.3 Å². The van der Waals surface area contributed by atoms with Gasteiger partial charge in [0.2, 0.25) is 11.8 Å². The van der Waals surface area contributed by atoms with E-state index in [-0.39, 0.29) is 48.5 Å². The second-order valence-corrected chi connectivity index (χ2v) is 7.94. The minimum atomic E-state index is -0.00607. The van der Waals surface area contributed by atoms with Crippen LogP contribution in [0.5, 0.6) is 0 Å². The molecule has 0 unspecified atom stereocenters. The van der Waals surface area contributed by atoms with Crippen LogP contribution in [0.4, 0.5) is 11.4 Å². The molecule has 0 aromatic heterocycles. The van der Waals surface area contributed by atoms with Gasteiger partial charge in [-0.1, -0.05) is 18.9 Å². The first-order chi connectivity index (χ1) is 13.1. The van der Waals surface area contributed by atoms with Crippen molar-refractivity contribution >= 4 is 48.0 Å². The number of carbonyl (C=O) groups is 2. The maximum atomic E-state index is 12.6. The number of nitrogens with one attached hydrogen (secondary N) is 2. The summed E-state index contributed by atoms with van der Waals surface area (Å²) in [6.07, 6.45) is 6.58. The van der Waals surface area contributed by atoms with Crippen molar-refractivity contribution in [2.75, 3.05) is 36.8 Å². The Morgan fingerprint density at radius 3 is 2.48 bits per heavy atom. The molecule has 1 aromatic carbocycles. The molecule has 0 bridgehead atoms. The number of likely N-dealkylation sites (tertiary alicyclic amines) is 1. The summed E-state index contributed by atoms with van der Waals surface area (Å²) in [4.78, 5) is 27.2. The fourth-order valence-corrected chi connectivity index (χ4v) is 4.24. The van der Waals surface area contributed by atoms with Crippen molar-refractivity contribution in [1.29, 1.82) is 0 Å². The van der Waals surface area contributed by atoms with Gasteiger partial charge in [0.15, 0.2) is 0 Å². The van der Waals surface area contributed by atoms with E-state index < -0.39 is 0 Å². The van der Waals surface area contributed by atoms with Crippen molar-refractivity contribution < 1.29 is 9.59 Å². The lowest BCUT2D eigenvalue weighted by Crippen LogP contribution is -2.36. The molecule has 4 N–H and O–H groups in total. The number of anilines is 2. The van der Waals surface area contributed by atoms with Crippen LogP contribution in [0.15, 0.2) is 18.2 Å². The maximum Gasteiger partial charge on any atom is 0.238 e. The van der Waals surface area contributed by atoms with Crippen molar-refractivity contribution in [3.8, 4) is 0 Å². The second-order valence-electron chi connectivity index (χ2n) is 7.94. The average Bonchev–Trinajstić information content (AvgIpc) is 3.14. The minimum absolute atomic E-state index is 0. The molecule has 6 nitrogen and oxygen atoms in total. The van der Waals surface area contributed by atoms with Gasteiger partial charge >= 0.3 is 0 Å². The average molecular weight is 445 g/mol. The first-order valence-electron chi connectivity index (χ1n) is 10.2. The summed E-state index contributed by atoms with van der Waals surface area (Å²) in [5, 5.41) is 6.02. The number of amides is 2. The van der Waals surface area contributed by atoms with E-state index in [0.717, 1.165) is 49.3 Å². The Balaban J connectivity index is 0.00000210. The first kappa shape index (κ1) is 25.7. The molecule has 0 spiro atoms. The maximum absolute atomic E-state index is 12.6. The highest BCUT2D eigenvalue weighted by molar-refractivity contribution is 5.96. The van der Waals surface area contributed by atoms with Crippen LogP contribution in [0.25, 0.3) is 0 Å². The van der Waals surface area contributed by atoms with Crippen molar-refractivity contribution in [2.24, 2.45) is 17.6 Å². The van der Waals surface area contributed by atoms with Crippen LogP contribution < -0.4 is 16.4 Å². The Hall–Kier alpha value is -1.34. The number of nitrogens with two attached hydrogens (primary N) is 1. The lowest BCUT2D eigenvalue weighted by molar-refractivity contribution is -0.120. The molecule has 1 aromatic rings. The van der Waals surface area contributed by atoms with Crippen molar-refractivity contribution in [2.45, 2.75) is 45.4 Å². The molecule has 29 heavy (non-hydrogen) atoms. The smallest absolute Gasteiger partial charge is 0.238 e. The Bertz CT molecular complexity index is 681. The standard InChI is InChI=1S/C21H32N4O2.2ClH/c1-15-8-9-17(23-21(27)18-7-5-6-16(18)13-22)12-19(15)24-20(26)14-25-10-3-2-4-11-25;;/h8-9,12,16,18H,2-7,10-11,13-14,22H2,1H3,(H,23,27)(H,24,26);2*1H/t16-,18-;;/m1../s1. The molecule has 2 fully saturated rings. The van der Waals surface area contributed by atoms with E-state index in [2.05, 4.69) is 15.5 Å². The van der Waals surface area contributed by atoms with E-state index in [9.17, 15) is 9.59 Å². The number of aryl methyl sites for hydroxylation is 1. The number of hydrogen-bond donors (Lipinski definition) is 3. The van der Waals surface area contributed by atoms with Gasteiger partial charge in [0.25, 0.3) is 0 Å². The third kappa shape index (κ3) is 7.14. The number of halogens is 2. The molecule has 1 aliphatic heterocycles. The highest BCUT2D eigenvalue weighted by atomic mass is 35.5. The zero-order chi connectivity index (χ0) is 19.2. The van der Waals surface area contributed by atoms with Gasteiger partial charge < -0.3 is 16.4 Å². The summed E-state index contributed by atoms with van der Waals surface area (Å²) < 4.78 is 0. The van der Waals surface area contributed by atoms with Gasteiger partial charge in [0.1, 0.15) is 0 Å². The zero-order valence-corrected chi connectivity index (χ0v) is 18.7. The molecular weight excluding hydrogens is 411 g/mol. The monoisotopic (exact) mass is 444 g/mol. The van der Waals surface area contributed by atoms with Crippen LogP contribution in [-0.4, -0.2) is 42.9 Å². The summed E-state index contributed by atoms with van der Waals surface area (Å²) in [6, 6.07) is 5.68. The molecule has 8 heteroatoms. The number of nitrogens with zero attached hydrogens (tertiary/aromatic N) is 1. The fraction of sp³-hybridized carbons (Fsp3) is 0.619. The predicted octanol–water partition coefficient (Wildman–Crippen LogP) is 3.58. The van der Waals surface area contributed by atoms with E-state index in [1.807, 2.05) is 25.1 Å². The largest absolute Gasteiger partial charge is 0.330 e. The minimum Gasteiger partial charge on any atom is -0.330 e. The molecule has 1 saturated heterocycles. The summed E-state index contributed by atoms with van der Waals surface area (Å²) in [7, 11) is 0. The summed E-state index contributed by atoms with van der Waals surface area (Å²) in [6.45, 7) is 4.93. The number of piperidine rings is 1. The van der Waals surface area contributed by atoms with Gasteiger partial charge in [-0.2, -0.15) is 0 Å². The predicted molar refractivity (Wildman–Crippen MR) is 123 cm³/mol. The van der Waals surface area contributed by atoms with Crippen LogP contribution in [0.1, 0.15) is 44.1 Å². The van der Waals surface area contributed by atoms with Crippen LogP contribution in [0, 0.1) is 18.8 Å². The van der Waals surface area contributed by atoms with E-state index >= 15 is 0 Å². The third-order valence-electron chi connectivity index (χ3n) is 5.89. The molecule has 2 aliphatic rings. The number of hydrogen-bond acceptors (Lipinski definition) is 4. The van der Waals surface area contributed by atoms with Gasteiger partial charge in [0, 0.05) is 17.3 Å². The van der Waals surface area contributed by atoms with Gasteiger partial charge in [0.05, 0.1) is 6.54 Å². The van der Waals surface area contributed by atoms with Gasteiger partial charge in [-0.05, 0) is 75.9 Å². The van der Waals surface area contributed by atoms with E-state index in [4.69, 9.17) is 5.73 Å². The molecule has 0 radical (unpaired) electrons. The van der Waals surface area contributed by atoms with E-state index in [0.29, 0.717) is 13.1 Å². The Kier molecular flexibility index (Phi) is 11.0. The van der Waals surface area contributed by atoms with Gasteiger partial charge in [-0.15, -0.1) is 24.8 Å². The molecule has 164 valence electrons. The fourth-order valence-electron chi connectivity index (χ4n) is 4.24. The first-order valence-corrected chi connectivity index (χ1v) is 10.2. The van der Waals surface area contributed by atoms with Crippen molar-refractivity contribution in [3.63, 3.8) is 0 Å². The van der Waals surface area contributed by atoms with Gasteiger partial charge in [-0.25, -0.2) is 0 Å². The Labute approximate surface area is 186 Å². The van der Waals surface area contributed by atoms with Crippen LogP contribution >= 0.6 is 24.8 Å². The molecule has 3 rings (SSSR count). The Morgan fingerprint density at radius 2 is 1.79 bits per heavy atom. The molecule has 1 heterocycles. The third-order valence-corrected chi connectivity index (χ3v) is 5.89. The summed E-state index contributed by atoms with van der Waals surface area (Å²) >= 11 is 0.